The first-order valence-electron chi connectivity index (χ1n) is 16.5. The molecule has 0 aromatic heterocycles. The third-order valence-corrected chi connectivity index (χ3v) is 9.91. The molecule has 11 heteroatoms. The molecule has 250 valence electrons. The Bertz CT molecular complexity index is 1320. The summed E-state index contributed by atoms with van der Waals surface area (Å²) in [6.07, 6.45) is 5.36. The zero-order chi connectivity index (χ0) is 33.6. The number of nitrogens with one attached hydrogen (secondary N) is 3. The van der Waals surface area contributed by atoms with Gasteiger partial charge in [-0.1, -0.05) is 82.9 Å². The topological polar surface area (TPSA) is 151 Å². The standard InChI is InChI=1S/C35H48N4O7/c1-6-14-25(29(41)32(43)36-19-7-2)37-31(42)28-26-24(35(26,4)5)20-39(28)34(45)27(22-15-10-8-11-16-22)38-33(44)30(46-21(3)40)23-17-12-9-13-18-23/h7,9,12-13,17-18,22,24-28,30H,2,6,8,10-11,14-16,19-20H2,1,3-5H3,(H,36,43)(H,37,42)(H,38,44)/t24?,25?,26?,27-,28-,30-/m0/s1. The molecule has 0 bridgehead atoms. The first-order chi connectivity index (χ1) is 21.9. The lowest BCUT2D eigenvalue weighted by Gasteiger charge is -2.37. The van der Waals surface area contributed by atoms with Crippen LogP contribution in [0.15, 0.2) is 43.0 Å². The summed E-state index contributed by atoms with van der Waals surface area (Å²) in [5.74, 6) is -3.84. The van der Waals surface area contributed by atoms with Crippen molar-refractivity contribution in [2.75, 3.05) is 13.1 Å². The average Bonchev–Trinajstić information content (AvgIpc) is 3.35. The SMILES string of the molecule is C=CCNC(=O)C(=O)C(CCC)NC(=O)[C@@H]1C2C(CN1C(=O)[C@@H](NC(=O)[C@@H](OC(C)=O)c1ccccc1)C1CCCCC1)C2(C)C. The summed E-state index contributed by atoms with van der Waals surface area (Å²) in [5, 5.41) is 8.22. The van der Waals surface area contributed by atoms with Gasteiger partial charge in [-0.15, -0.1) is 6.58 Å². The number of ether oxygens (including phenoxy) is 1. The van der Waals surface area contributed by atoms with Gasteiger partial charge < -0.3 is 25.6 Å². The second-order valence-electron chi connectivity index (χ2n) is 13.4. The molecular weight excluding hydrogens is 588 g/mol. The molecule has 4 rings (SSSR count). The first kappa shape index (κ1) is 34.8. The Morgan fingerprint density at radius 1 is 1.04 bits per heavy atom. The van der Waals surface area contributed by atoms with Gasteiger partial charge in [-0.05, 0) is 42.4 Å². The molecule has 1 aliphatic heterocycles. The van der Waals surface area contributed by atoms with Crippen LogP contribution in [0, 0.1) is 23.2 Å². The monoisotopic (exact) mass is 636 g/mol. The van der Waals surface area contributed by atoms with Gasteiger partial charge in [-0.2, -0.15) is 0 Å². The van der Waals surface area contributed by atoms with Crippen LogP contribution in [0.25, 0.3) is 0 Å². The summed E-state index contributed by atoms with van der Waals surface area (Å²) in [6.45, 7) is 11.2. The van der Waals surface area contributed by atoms with Gasteiger partial charge in [0, 0.05) is 25.6 Å². The van der Waals surface area contributed by atoms with E-state index in [1.54, 1.807) is 35.2 Å². The maximum absolute atomic E-state index is 14.5. The molecule has 3 N–H and O–H groups in total. The van der Waals surface area contributed by atoms with Crippen LogP contribution in [0.3, 0.4) is 0 Å². The van der Waals surface area contributed by atoms with Crippen LogP contribution in [0.2, 0.25) is 0 Å². The molecule has 6 atom stereocenters. The van der Waals surface area contributed by atoms with E-state index in [9.17, 15) is 28.8 Å². The predicted molar refractivity (Wildman–Crippen MR) is 171 cm³/mol. The Hall–Kier alpha value is -4.02. The van der Waals surface area contributed by atoms with Gasteiger partial charge in [0.2, 0.25) is 23.7 Å². The highest BCUT2D eigenvalue weighted by Gasteiger charge is 2.69. The van der Waals surface area contributed by atoms with Crippen molar-refractivity contribution < 1.29 is 33.5 Å². The van der Waals surface area contributed by atoms with E-state index in [4.69, 9.17) is 4.74 Å². The molecule has 2 aliphatic carbocycles. The number of Topliss-reactive ketones (excluding diaryl/α,β-unsaturated/α-hetero) is 1. The van der Waals surface area contributed by atoms with Gasteiger partial charge in [0.1, 0.15) is 12.1 Å². The molecule has 4 amide bonds. The van der Waals surface area contributed by atoms with E-state index < -0.39 is 53.7 Å². The van der Waals surface area contributed by atoms with Crippen molar-refractivity contribution >= 4 is 35.4 Å². The van der Waals surface area contributed by atoms with Gasteiger partial charge in [-0.3, -0.25) is 28.8 Å². The Balaban J connectivity index is 1.60. The van der Waals surface area contributed by atoms with Crippen molar-refractivity contribution in [1.82, 2.24) is 20.9 Å². The molecular formula is C35H48N4O7. The largest absolute Gasteiger partial charge is 0.447 e. The number of piperidine rings is 1. The molecule has 1 aromatic carbocycles. The number of benzene rings is 1. The minimum atomic E-state index is -1.24. The predicted octanol–water partition coefficient (Wildman–Crippen LogP) is 3.00. The first-order valence-corrected chi connectivity index (χ1v) is 16.5. The molecule has 11 nitrogen and oxygen atoms in total. The van der Waals surface area contributed by atoms with E-state index in [1.165, 1.54) is 13.0 Å². The molecule has 1 heterocycles. The maximum Gasteiger partial charge on any atom is 0.303 e. The van der Waals surface area contributed by atoms with Crippen molar-refractivity contribution in [1.29, 1.82) is 0 Å². The zero-order valence-electron chi connectivity index (χ0n) is 27.4. The quantitative estimate of drug-likeness (QED) is 0.161. The van der Waals surface area contributed by atoms with Crippen molar-refractivity contribution in [2.45, 2.75) is 96.9 Å². The van der Waals surface area contributed by atoms with Crippen LogP contribution in [0.4, 0.5) is 0 Å². The summed E-state index contributed by atoms with van der Waals surface area (Å²) in [7, 11) is 0. The molecule has 0 radical (unpaired) electrons. The summed E-state index contributed by atoms with van der Waals surface area (Å²) < 4.78 is 5.43. The number of amides is 4. The number of likely N-dealkylation sites (tertiary alicyclic amines) is 1. The van der Waals surface area contributed by atoms with E-state index in [2.05, 4.69) is 36.4 Å². The lowest BCUT2D eigenvalue weighted by Crippen LogP contribution is -2.60. The summed E-state index contributed by atoms with van der Waals surface area (Å²) in [5.41, 5.74) is 0.289. The number of hydrogen-bond acceptors (Lipinski definition) is 7. The van der Waals surface area contributed by atoms with Gasteiger partial charge in [0.05, 0.1) is 6.04 Å². The lowest BCUT2D eigenvalue weighted by molar-refractivity contribution is -0.156. The number of nitrogens with zero attached hydrogens (tertiary/aromatic N) is 1. The van der Waals surface area contributed by atoms with Crippen molar-refractivity contribution in [2.24, 2.45) is 23.2 Å². The van der Waals surface area contributed by atoms with Crippen LogP contribution in [-0.4, -0.2) is 71.5 Å². The Labute approximate surface area is 271 Å². The molecule has 1 aromatic rings. The molecule has 46 heavy (non-hydrogen) atoms. The fourth-order valence-corrected chi connectivity index (χ4v) is 7.36. The minimum Gasteiger partial charge on any atom is -0.447 e. The highest BCUT2D eigenvalue weighted by atomic mass is 16.5. The second-order valence-corrected chi connectivity index (χ2v) is 13.4. The van der Waals surface area contributed by atoms with Crippen LogP contribution in [0.5, 0.6) is 0 Å². The third kappa shape index (κ3) is 7.67. The molecule has 3 aliphatic rings. The normalized spacial score (nSPS) is 23.6. The van der Waals surface area contributed by atoms with Gasteiger partial charge in [0.15, 0.2) is 0 Å². The Morgan fingerprint density at radius 3 is 2.33 bits per heavy atom. The molecule has 3 unspecified atom stereocenters. The van der Waals surface area contributed by atoms with Crippen molar-refractivity contribution in [3.8, 4) is 0 Å². The number of hydrogen-bond donors (Lipinski definition) is 3. The summed E-state index contributed by atoms with van der Waals surface area (Å²) in [6, 6.07) is 5.82. The van der Waals surface area contributed by atoms with Gasteiger partial charge in [0.25, 0.3) is 11.8 Å². The van der Waals surface area contributed by atoms with Crippen molar-refractivity contribution in [3.05, 3.63) is 48.6 Å². The number of ketones is 1. The summed E-state index contributed by atoms with van der Waals surface area (Å²) >= 11 is 0. The van der Waals surface area contributed by atoms with Crippen LogP contribution < -0.4 is 16.0 Å². The van der Waals surface area contributed by atoms with Crippen molar-refractivity contribution in [3.63, 3.8) is 0 Å². The van der Waals surface area contributed by atoms with Gasteiger partial charge in [-0.25, -0.2) is 0 Å². The molecule has 3 fully saturated rings. The third-order valence-electron chi connectivity index (χ3n) is 9.91. The highest BCUT2D eigenvalue weighted by molar-refractivity contribution is 6.38. The average molecular weight is 637 g/mol. The second kappa shape index (κ2) is 15.0. The van der Waals surface area contributed by atoms with Crippen LogP contribution in [0.1, 0.15) is 84.3 Å². The Kier molecular flexibility index (Phi) is 11.4. The number of carbonyl (C=O) groups excluding carboxylic acids is 6. The van der Waals surface area contributed by atoms with E-state index in [0.717, 1.165) is 32.1 Å². The zero-order valence-corrected chi connectivity index (χ0v) is 27.4. The number of esters is 1. The van der Waals surface area contributed by atoms with E-state index in [1.807, 2.05) is 6.92 Å². The lowest BCUT2D eigenvalue weighted by atomic mass is 9.82. The smallest absolute Gasteiger partial charge is 0.303 e. The number of fused-ring (bicyclic) bond motifs is 1. The number of rotatable bonds is 14. The van der Waals surface area contributed by atoms with Gasteiger partial charge >= 0.3 is 5.97 Å². The fraction of sp³-hybridized carbons (Fsp3) is 0.600. The maximum atomic E-state index is 14.5. The Morgan fingerprint density at radius 2 is 1.72 bits per heavy atom. The molecule has 0 spiro atoms. The summed E-state index contributed by atoms with van der Waals surface area (Å²) in [4.78, 5) is 81.3. The highest BCUT2D eigenvalue weighted by Crippen LogP contribution is 2.65. The van der Waals surface area contributed by atoms with E-state index >= 15 is 0 Å². The van der Waals surface area contributed by atoms with E-state index in [-0.39, 0.29) is 42.0 Å². The van der Waals surface area contributed by atoms with E-state index in [0.29, 0.717) is 18.5 Å². The fourth-order valence-electron chi connectivity index (χ4n) is 7.36. The molecule has 2 saturated carbocycles. The number of carbonyl (C=O) groups is 6. The van der Waals surface area contributed by atoms with Crippen LogP contribution >= 0.6 is 0 Å². The minimum absolute atomic E-state index is 0.0734. The molecule has 1 saturated heterocycles. The van der Waals surface area contributed by atoms with Crippen LogP contribution in [-0.2, 0) is 33.5 Å².